The van der Waals surface area contributed by atoms with Crippen molar-refractivity contribution in [1.29, 1.82) is 0 Å². The Bertz CT molecular complexity index is 387. The Morgan fingerprint density at radius 2 is 2.25 bits per heavy atom. The second-order valence-electron chi connectivity index (χ2n) is 1.94. The van der Waals surface area contributed by atoms with Gasteiger partial charge in [0.15, 0.2) is 4.60 Å². The van der Waals surface area contributed by atoms with Crippen molar-refractivity contribution in [2.24, 2.45) is 0 Å². The van der Waals surface area contributed by atoms with Gasteiger partial charge in [-0.05, 0) is 22.9 Å². The van der Waals surface area contributed by atoms with Crippen molar-refractivity contribution in [3.05, 3.63) is 4.60 Å². The molecule has 0 atom stereocenters. The molecule has 0 unspecified atom stereocenters. The zero-order chi connectivity index (χ0) is 9.35. The topological polar surface area (TPSA) is 64.8 Å². The highest BCUT2D eigenvalue weighted by atomic mass is 79.9. The molecule has 0 N–H and O–H groups in total. The average molecular weight is 275 g/mol. The molecule has 68 valence electrons. The fraction of sp³-hybridized carbons (Fsp3) is 0.500. The number of nitrogens with zero attached hydrogens (tertiary/aromatic N) is 3. The summed E-state index contributed by atoms with van der Waals surface area (Å²) in [6.07, 6.45) is 0. The third kappa shape index (κ3) is 1.78. The molecule has 0 radical (unpaired) electrons. The zero-order valence-electron chi connectivity index (χ0n) is 6.03. The quantitative estimate of drug-likeness (QED) is 0.754. The van der Waals surface area contributed by atoms with E-state index in [1.807, 2.05) is 0 Å². The van der Waals surface area contributed by atoms with Crippen molar-refractivity contribution in [2.75, 3.05) is 0 Å². The van der Waals surface area contributed by atoms with E-state index in [1.165, 1.54) is 4.68 Å². The predicted octanol–water partition coefficient (Wildman–Crippen LogP) is 0.988. The summed E-state index contributed by atoms with van der Waals surface area (Å²) in [4.78, 5) is 0. The van der Waals surface area contributed by atoms with Gasteiger partial charge in [0.1, 0.15) is 0 Å². The molecule has 0 aromatic carbocycles. The SMILES string of the molecule is CCn1nnc(Br)c1S(=O)(=O)Cl. The molecule has 8 heteroatoms. The van der Waals surface area contributed by atoms with Gasteiger partial charge in [0, 0.05) is 17.2 Å². The molecule has 0 fully saturated rings. The molecule has 1 aromatic rings. The Hall–Kier alpha value is -0.140. The minimum Gasteiger partial charge on any atom is -0.232 e. The lowest BCUT2D eigenvalue weighted by molar-refractivity contribution is 0.553. The number of hydrogen-bond donors (Lipinski definition) is 0. The average Bonchev–Trinajstić information content (AvgIpc) is 2.29. The molecule has 1 rings (SSSR count). The van der Waals surface area contributed by atoms with Crippen LogP contribution in [-0.2, 0) is 15.6 Å². The lowest BCUT2D eigenvalue weighted by Gasteiger charge is -1.97. The fourth-order valence-corrected chi connectivity index (χ4v) is 3.03. The highest BCUT2D eigenvalue weighted by Crippen LogP contribution is 2.22. The van der Waals surface area contributed by atoms with Gasteiger partial charge in [-0.2, -0.15) is 0 Å². The zero-order valence-corrected chi connectivity index (χ0v) is 9.19. The predicted molar refractivity (Wildman–Crippen MR) is 46.4 cm³/mol. The minimum atomic E-state index is -3.77. The third-order valence-corrected chi connectivity index (χ3v) is 3.28. The summed E-state index contributed by atoms with van der Waals surface area (Å²) >= 11 is 2.94. The van der Waals surface area contributed by atoms with E-state index in [9.17, 15) is 8.42 Å². The first-order valence-corrected chi connectivity index (χ1v) is 6.10. The van der Waals surface area contributed by atoms with Crippen molar-refractivity contribution < 1.29 is 8.42 Å². The summed E-state index contributed by atoms with van der Waals surface area (Å²) in [5, 5.41) is 6.97. The van der Waals surface area contributed by atoms with E-state index < -0.39 is 9.05 Å². The third-order valence-electron chi connectivity index (χ3n) is 1.18. The summed E-state index contributed by atoms with van der Waals surface area (Å²) < 4.78 is 23.2. The molecule has 0 aliphatic heterocycles. The lowest BCUT2D eigenvalue weighted by atomic mass is 10.7. The molecule has 5 nitrogen and oxygen atoms in total. The second kappa shape index (κ2) is 3.31. The standard InChI is InChI=1S/C4H5BrClN3O2S/c1-2-9-4(12(6,10)11)3(5)7-8-9/h2H2,1H3. The van der Waals surface area contributed by atoms with E-state index >= 15 is 0 Å². The smallest absolute Gasteiger partial charge is 0.232 e. The fourth-order valence-electron chi connectivity index (χ4n) is 0.716. The van der Waals surface area contributed by atoms with Gasteiger partial charge >= 0.3 is 0 Å². The van der Waals surface area contributed by atoms with Crippen LogP contribution in [0.15, 0.2) is 9.63 Å². The molecule has 12 heavy (non-hydrogen) atoms. The summed E-state index contributed by atoms with van der Waals surface area (Å²) in [6, 6.07) is 0. The first-order chi connectivity index (χ1) is 5.46. The van der Waals surface area contributed by atoms with E-state index in [1.54, 1.807) is 6.92 Å². The van der Waals surface area contributed by atoms with E-state index in [2.05, 4.69) is 26.2 Å². The number of rotatable bonds is 2. The first-order valence-electron chi connectivity index (χ1n) is 3.00. The van der Waals surface area contributed by atoms with Crippen LogP contribution in [-0.4, -0.2) is 23.4 Å². The highest BCUT2D eigenvalue weighted by Gasteiger charge is 2.21. The monoisotopic (exact) mass is 273 g/mol. The van der Waals surface area contributed by atoms with Crippen LogP contribution in [0.5, 0.6) is 0 Å². The maximum atomic E-state index is 10.9. The van der Waals surface area contributed by atoms with Crippen LogP contribution in [0.4, 0.5) is 0 Å². The van der Waals surface area contributed by atoms with Gasteiger partial charge in [-0.1, -0.05) is 5.21 Å². The van der Waals surface area contributed by atoms with Crippen molar-refractivity contribution in [3.63, 3.8) is 0 Å². The van der Waals surface area contributed by atoms with Gasteiger partial charge in [-0.3, -0.25) is 0 Å². The lowest BCUT2D eigenvalue weighted by Crippen LogP contribution is -2.05. The number of aryl methyl sites for hydroxylation is 1. The van der Waals surface area contributed by atoms with E-state index in [0.717, 1.165) is 0 Å². The van der Waals surface area contributed by atoms with Gasteiger partial charge in [-0.25, -0.2) is 13.1 Å². The van der Waals surface area contributed by atoms with Gasteiger partial charge in [0.25, 0.3) is 9.05 Å². The van der Waals surface area contributed by atoms with E-state index in [4.69, 9.17) is 10.7 Å². The van der Waals surface area contributed by atoms with Crippen LogP contribution >= 0.6 is 26.6 Å². The Kier molecular flexibility index (Phi) is 2.74. The highest BCUT2D eigenvalue weighted by molar-refractivity contribution is 9.10. The van der Waals surface area contributed by atoms with Crippen molar-refractivity contribution in [3.8, 4) is 0 Å². The summed E-state index contributed by atoms with van der Waals surface area (Å²) in [6.45, 7) is 2.15. The molecule has 0 amide bonds. The molecule has 0 spiro atoms. The van der Waals surface area contributed by atoms with Crippen LogP contribution < -0.4 is 0 Å². The molecule has 0 saturated heterocycles. The molecule has 0 bridgehead atoms. The summed E-state index contributed by atoms with van der Waals surface area (Å²) in [5.74, 6) is 0. The maximum absolute atomic E-state index is 10.9. The largest absolute Gasteiger partial charge is 0.281 e. The van der Waals surface area contributed by atoms with E-state index in [-0.39, 0.29) is 9.63 Å². The number of aromatic nitrogens is 3. The van der Waals surface area contributed by atoms with Crippen LogP contribution in [0.25, 0.3) is 0 Å². The second-order valence-corrected chi connectivity index (χ2v) is 5.17. The summed E-state index contributed by atoms with van der Waals surface area (Å²) in [7, 11) is 1.36. The van der Waals surface area contributed by atoms with Gasteiger partial charge in [-0.15, -0.1) is 5.10 Å². The Balaban J connectivity index is 3.39. The van der Waals surface area contributed by atoms with Crippen molar-refractivity contribution in [2.45, 2.75) is 18.5 Å². The molecule has 0 saturated carbocycles. The van der Waals surface area contributed by atoms with Gasteiger partial charge in [0.05, 0.1) is 0 Å². The van der Waals surface area contributed by atoms with Gasteiger partial charge in [0.2, 0.25) is 5.03 Å². The van der Waals surface area contributed by atoms with Crippen LogP contribution in [0.3, 0.4) is 0 Å². The van der Waals surface area contributed by atoms with Crippen molar-refractivity contribution in [1.82, 2.24) is 15.0 Å². The number of halogens is 2. The normalized spacial score (nSPS) is 11.9. The Morgan fingerprint density at radius 1 is 1.67 bits per heavy atom. The molecule has 1 heterocycles. The van der Waals surface area contributed by atoms with Crippen LogP contribution in [0, 0.1) is 0 Å². The molecule has 0 aliphatic carbocycles. The Labute approximate surface area is 82.3 Å². The minimum absolute atomic E-state index is 0.105. The van der Waals surface area contributed by atoms with Crippen LogP contribution in [0.1, 0.15) is 6.92 Å². The van der Waals surface area contributed by atoms with E-state index in [0.29, 0.717) is 6.54 Å². The van der Waals surface area contributed by atoms with Crippen molar-refractivity contribution >= 4 is 35.7 Å². The van der Waals surface area contributed by atoms with Crippen LogP contribution in [0.2, 0.25) is 0 Å². The molecular formula is C4H5BrClN3O2S. The number of hydrogen-bond acceptors (Lipinski definition) is 4. The molecular weight excluding hydrogens is 269 g/mol. The first kappa shape index (κ1) is 9.94. The molecule has 0 aliphatic rings. The molecule has 1 aromatic heterocycles. The van der Waals surface area contributed by atoms with Gasteiger partial charge < -0.3 is 0 Å². The Morgan fingerprint density at radius 3 is 2.58 bits per heavy atom. The summed E-state index contributed by atoms with van der Waals surface area (Å²) in [5.41, 5.74) is 0. The maximum Gasteiger partial charge on any atom is 0.281 e.